The van der Waals surface area contributed by atoms with E-state index in [0.717, 1.165) is 28.0 Å². The summed E-state index contributed by atoms with van der Waals surface area (Å²) in [5.74, 6) is -0.259. The van der Waals surface area contributed by atoms with E-state index in [9.17, 15) is 9.59 Å². The van der Waals surface area contributed by atoms with Crippen molar-refractivity contribution in [3.8, 4) is 11.1 Å². The molecule has 4 N–H and O–H groups in total. The van der Waals surface area contributed by atoms with E-state index >= 15 is 0 Å². The third kappa shape index (κ3) is 3.86. The van der Waals surface area contributed by atoms with Crippen LogP contribution in [0.25, 0.3) is 16.7 Å². The number of pyridine rings is 1. The van der Waals surface area contributed by atoms with Gasteiger partial charge in [0.1, 0.15) is 5.54 Å². The van der Waals surface area contributed by atoms with Gasteiger partial charge in [-0.15, -0.1) is 0 Å². The summed E-state index contributed by atoms with van der Waals surface area (Å²) in [4.78, 5) is 30.3. The smallest absolute Gasteiger partial charge is 0.322 e. The van der Waals surface area contributed by atoms with Crippen LogP contribution in [0.15, 0.2) is 42.9 Å². The highest BCUT2D eigenvalue weighted by atomic mass is 35.5. The van der Waals surface area contributed by atoms with Gasteiger partial charge in [-0.2, -0.15) is 0 Å². The van der Waals surface area contributed by atoms with E-state index in [4.69, 9.17) is 17.0 Å². The van der Waals surface area contributed by atoms with Crippen LogP contribution in [0.5, 0.6) is 0 Å². The monoisotopic (exact) mass is 438 g/mol. The first-order valence-electron chi connectivity index (χ1n) is 9.98. The number of carbonyl (C=O) groups excluding carboxylic acids is 2. The van der Waals surface area contributed by atoms with E-state index in [-0.39, 0.29) is 5.91 Å². The number of carbonyl (C=O) groups is 2. The third-order valence-corrected chi connectivity index (χ3v) is 6.08. The maximum atomic E-state index is 12.2. The number of urea groups is 1. The fraction of sp³-hybridized carbons (Fsp3) is 0.273. The van der Waals surface area contributed by atoms with Gasteiger partial charge in [-0.05, 0) is 24.0 Å². The van der Waals surface area contributed by atoms with Crippen molar-refractivity contribution in [2.75, 3.05) is 25.0 Å². The van der Waals surface area contributed by atoms with Gasteiger partial charge in [-0.25, -0.2) is 4.79 Å². The lowest BCUT2D eigenvalue weighted by molar-refractivity contribution is -0.124. The van der Waals surface area contributed by atoms with Crippen molar-refractivity contribution < 1.29 is 9.59 Å². The van der Waals surface area contributed by atoms with Crippen LogP contribution >= 0.6 is 11.6 Å². The van der Waals surface area contributed by atoms with Gasteiger partial charge in [0, 0.05) is 56.1 Å². The molecule has 0 bridgehead atoms. The second kappa shape index (κ2) is 8.39. The van der Waals surface area contributed by atoms with Crippen LogP contribution in [-0.4, -0.2) is 48.8 Å². The van der Waals surface area contributed by atoms with E-state index in [0.29, 0.717) is 31.0 Å². The SMILES string of the molecule is CN/C=C(\C=N)c1ccc(-c2cncc(Cl)c2N2CCC3(CC2)NC(=O)NC3=O)cc1. The van der Waals surface area contributed by atoms with Crippen molar-refractivity contribution >= 4 is 41.0 Å². The first-order chi connectivity index (χ1) is 15.0. The van der Waals surface area contributed by atoms with Crippen LogP contribution in [0.3, 0.4) is 0 Å². The molecule has 2 saturated heterocycles. The lowest BCUT2D eigenvalue weighted by atomic mass is 9.87. The van der Waals surface area contributed by atoms with Crippen molar-refractivity contribution in [3.63, 3.8) is 0 Å². The summed E-state index contributed by atoms with van der Waals surface area (Å²) < 4.78 is 0. The zero-order valence-corrected chi connectivity index (χ0v) is 17.8. The van der Waals surface area contributed by atoms with Gasteiger partial charge < -0.3 is 20.9 Å². The maximum absolute atomic E-state index is 12.2. The Kier molecular flexibility index (Phi) is 5.65. The summed E-state index contributed by atoms with van der Waals surface area (Å²) in [6.45, 7) is 1.15. The van der Waals surface area contributed by atoms with Gasteiger partial charge >= 0.3 is 6.03 Å². The van der Waals surface area contributed by atoms with Gasteiger partial charge in [0.15, 0.2) is 0 Å². The summed E-state index contributed by atoms with van der Waals surface area (Å²) in [5, 5.41) is 16.2. The molecule has 2 aliphatic heterocycles. The number of amides is 3. The average molecular weight is 439 g/mol. The summed E-state index contributed by atoms with van der Waals surface area (Å²) in [7, 11) is 1.80. The summed E-state index contributed by atoms with van der Waals surface area (Å²) in [6.07, 6.45) is 7.48. The summed E-state index contributed by atoms with van der Waals surface area (Å²) >= 11 is 6.56. The topological polar surface area (TPSA) is 110 Å². The molecule has 1 aromatic heterocycles. The Labute approximate surface area is 185 Å². The zero-order valence-electron chi connectivity index (χ0n) is 17.0. The van der Waals surface area contributed by atoms with Crippen molar-refractivity contribution in [3.05, 3.63) is 53.4 Å². The van der Waals surface area contributed by atoms with Gasteiger partial charge in [-0.3, -0.25) is 15.1 Å². The van der Waals surface area contributed by atoms with E-state index in [2.05, 4.69) is 25.8 Å². The van der Waals surface area contributed by atoms with Crippen molar-refractivity contribution in [1.29, 1.82) is 5.41 Å². The summed E-state index contributed by atoms with van der Waals surface area (Å²) in [5.41, 5.74) is 3.57. The normalized spacial score (nSPS) is 18.0. The Balaban J connectivity index is 1.62. The second-order valence-corrected chi connectivity index (χ2v) is 8.01. The number of halogens is 1. The first-order valence-corrected chi connectivity index (χ1v) is 10.4. The average Bonchev–Trinajstić information content (AvgIpc) is 3.05. The molecule has 2 fully saturated rings. The molecule has 0 unspecified atom stereocenters. The molecular formula is C22H23ClN6O2. The van der Waals surface area contributed by atoms with Crippen molar-refractivity contribution in [1.82, 2.24) is 20.9 Å². The minimum Gasteiger partial charge on any atom is -0.393 e. The van der Waals surface area contributed by atoms with Crippen molar-refractivity contribution in [2.45, 2.75) is 18.4 Å². The molecule has 1 spiro atoms. The molecule has 4 rings (SSSR count). The Hall–Kier alpha value is -3.39. The van der Waals surface area contributed by atoms with Gasteiger partial charge in [-0.1, -0.05) is 35.9 Å². The molecule has 3 amide bonds. The number of hydrogen-bond acceptors (Lipinski definition) is 6. The third-order valence-electron chi connectivity index (χ3n) is 5.81. The highest BCUT2D eigenvalue weighted by Gasteiger charge is 2.48. The van der Waals surface area contributed by atoms with E-state index in [1.165, 1.54) is 6.21 Å². The highest BCUT2D eigenvalue weighted by Crippen LogP contribution is 2.39. The molecular weight excluding hydrogens is 416 g/mol. The van der Waals surface area contributed by atoms with Crippen LogP contribution < -0.4 is 20.9 Å². The van der Waals surface area contributed by atoms with Crippen LogP contribution in [-0.2, 0) is 4.79 Å². The number of anilines is 1. The molecule has 2 aliphatic rings. The highest BCUT2D eigenvalue weighted by molar-refractivity contribution is 6.33. The number of benzene rings is 1. The first kappa shape index (κ1) is 20.9. The second-order valence-electron chi connectivity index (χ2n) is 7.60. The molecule has 0 atom stereocenters. The quantitative estimate of drug-likeness (QED) is 0.424. The largest absolute Gasteiger partial charge is 0.393 e. The van der Waals surface area contributed by atoms with Crippen LogP contribution in [0.1, 0.15) is 18.4 Å². The minimum atomic E-state index is -0.836. The molecule has 0 radical (unpaired) electrons. The molecule has 31 heavy (non-hydrogen) atoms. The number of allylic oxidation sites excluding steroid dienone is 1. The molecule has 1 aromatic carbocycles. The van der Waals surface area contributed by atoms with Gasteiger partial charge in [0.25, 0.3) is 5.91 Å². The lowest BCUT2D eigenvalue weighted by Gasteiger charge is -2.39. The number of nitrogens with one attached hydrogen (secondary N) is 4. The number of hydrogen-bond donors (Lipinski definition) is 4. The zero-order chi connectivity index (χ0) is 22.0. The number of piperidine rings is 1. The molecule has 9 heteroatoms. The Bertz CT molecular complexity index is 1060. The van der Waals surface area contributed by atoms with Crippen molar-refractivity contribution in [2.24, 2.45) is 0 Å². The fourth-order valence-corrected chi connectivity index (χ4v) is 4.44. The van der Waals surface area contributed by atoms with Crippen LogP contribution in [0, 0.1) is 5.41 Å². The number of nitrogens with zero attached hydrogens (tertiary/aromatic N) is 2. The Morgan fingerprint density at radius 2 is 1.94 bits per heavy atom. The van der Waals surface area contributed by atoms with Crippen LogP contribution in [0.4, 0.5) is 10.5 Å². The lowest BCUT2D eigenvalue weighted by Crippen LogP contribution is -2.55. The molecule has 0 aliphatic carbocycles. The fourth-order valence-electron chi connectivity index (χ4n) is 4.16. The minimum absolute atomic E-state index is 0.259. The number of rotatable bonds is 5. The van der Waals surface area contributed by atoms with E-state index < -0.39 is 11.6 Å². The Morgan fingerprint density at radius 3 is 2.52 bits per heavy atom. The van der Waals surface area contributed by atoms with E-state index in [1.54, 1.807) is 25.6 Å². The van der Waals surface area contributed by atoms with Gasteiger partial charge in [0.05, 0.1) is 10.7 Å². The van der Waals surface area contributed by atoms with E-state index in [1.807, 2.05) is 24.3 Å². The van der Waals surface area contributed by atoms with Crippen LogP contribution in [0.2, 0.25) is 5.02 Å². The Morgan fingerprint density at radius 1 is 1.23 bits per heavy atom. The standard InChI is InChI=1S/C22H23ClN6O2/c1-25-11-16(10-24)14-2-4-15(5-3-14)17-12-26-13-18(23)19(17)29-8-6-22(7-9-29)20(30)27-21(31)28-22/h2-5,10-13,24-25H,6-9H2,1H3,(H2,27,28,30,31)/b16-11+,24-10?. The number of imide groups is 1. The predicted molar refractivity (Wildman–Crippen MR) is 121 cm³/mol. The number of aromatic nitrogens is 1. The van der Waals surface area contributed by atoms with Gasteiger partial charge in [0.2, 0.25) is 0 Å². The molecule has 3 heterocycles. The molecule has 160 valence electrons. The molecule has 0 saturated carbocycles. The molecule has 2 aromatic rings. The summed E-state index contributed by atoms with van der Waals surface area (Å²) in [6, 6.07) is 7.44. The molecule has 8 nitrogen and oxygen atoms in total. The maximum Gasteiger partial charge on any atom is 0.322 e. The predicted octanol–water partition coefficient (Wildman–Crippen LogP) is 2.79.